The van der Waals surface area contributed by atoms with Crippen molar-refractivity contribution < 1.29 is 18.9 Å². The number of nitrogens with one attached hydrogen (secondary N) is 2. The summed E-state index contributed by atoms with van der Waals surface area (Å²) in [5.74, 6) is 2.52. The number of benzene rings is 1. The van der Waals surface area contributed by atoms with Crippen LogP contribution in [0.15, 0.2) is 17.1 Å². The van der Waals surface area contributed by atoms with E-state index in [-0.39, 0.29) is 6.04 Å². The first kappa shape index (κ1) is 18.9. The summed E-state index contributed by atoms with van der Waals surface area (Å²) >= 11 is 0. The van der Waals surface area contributed by atoms with Gasteiger partial charge < -0.3 is 29.6 Å². The topological polar surface area (TPSA) is 73.3 Å². The molecule has 1 aromatic rings. The smallest absolute Gasteiger partial charge is 0.203 e. The van der Waals surface area contributed by atoms with Crippen molar-refractivity contribution in [2.24, 2.45) is 4.99 Å². The number of hydrogen-bond acceptors (Lipinski definition) is 5. The van der Waals surface area contributed by atoms with Crippen LogP contribution in [0.4, 0.5) is 0 Å². The van der Waals surface area contributed by atoms with Crippen molar-refractivity contribution in [3.8, 4) is 17.2 Å². The van der Waals surface area contributed by atoms with Gasteiger partial charge in [-0.05, 0) is 24.6 Å². The van der Waals surface area contributed by atoms with E-state index in [0.717, 1.165) is 5.56 Å². The van der Waals surface area contributed by atoms with Gasteiger partial charge in [0.05, 0.1) is 27.9 Å². The molecule has 0 bridgehead atoms. The predicted octanol–water partition coefficient (Wildman–Crippen LogP) is 1.41. The van der Waals surface area contributed by atoms with Gasteiger partial charge in [-0.15, -0.1) is 0 Å². The van der Waals surface area contributed by atoms with E-state index in [9.17, 15) is 0 Å². The first-order valence-electron chi connectivity index (χ1n) is 7.34. The normalized spacial score (nSPS) is 12.5. The van der Waals surface area contributed by atoms with Crippen LogP contribution in [0, 0.1) is 0 Å². The number of rotatable bonds is 8. The summed E-state index contributed by atoms with van der Waals surface area (Å²) in [5, 5.41) is 6.49. The van der Waals surface area contributed by atoms with Crippen LogP contribution < -0.4 is 24.8 Å². The Bertz CT molecular complexity index is 495. The van der Waals surface area contributed by atoms with Crippen molar-refractivity contribution in [3.05, 3.63) is 17.7 Å². The monoisotopic (exact) mass is 325 g/mol. The van der Waals surface area contributed by atoms with Gasteiger partial charge in [0.2, 0.25) is 5.75 Å². The van der Waals surface area contributed by atoms with Gasteiger partial charge in [0.15, 0.2) is 17.5 Å². The Labute approximate surface area is 138 Å². The van der Waals surface area contributed by atoms with Gasteiger partial charge in [0, 0.05) is 26.7 Å². The van der Waals surface area contributed by atoms with Gasteiger partial charge in [0.25, 0.3) is 0 Å². The maximum atomic E-state index is 5.35. The molecule has 7 heteroatoms. The molecular weight excluding hydrogens is 298 g/mol. The lowest BCUT2D eigenvalue weighted by Crippen LogP contribution is -2.43. The fourth-order valence-corrected chi connectivity index (χ4v) is 2.14. The molecule has 1 atom stereocenters. The molecule has 1 unspecified atom stereocenters. The molecule has 23 heavy (non-hydrogen) atoms. The number of methoxy groups -OCH3 is 4. The molecule has 7 nitrogen and oxygen atoms in total. The van der Waals surface area contributed by atoms with E-state index in [2.05, 4.69) is 15.6 Å². The van der Waals surface area contributed by atoms with Gasteiger partial charge in [0.1, 0.15) is 0 Å². The highest BCUT2D eigenvalue weighted by molar-refractivity contribution is 5.80. The first-order valence-corrected chi connectivity index (χ1v) is 7.34. The molecule has 0 aliphatic rings. The van der Waals surface area contributed by atoms with Crippen molar-refractivity contribution >= 4 is 5.96 Å². The largest absolute Gasteiger partial charge is 0.493 e. The molecule has 1 aromatic carbocycles. The molecule has 0 aromatic heterocycles. The summed E-state index contributed by atoms with van der Waals surface area (Å²) in [5.41, 5.74) is 0.988. The number of hydrogen-bond donors (Lipinski definition) is 2. The lowest BCUT2D eigenvalue weighted by molar-refractivity contribution is 0.179. The van der Waals surface area contributed by atoms with Gasteiger partial charge in [-0.1, -0.05) is 0 Å². The number of guanidine groups is 1. The summed E-state index contributed by atoms with van der Waals surface area (Å²) in [7, 11) is 8.18. The van der Waals surface area contributed by atoms with E-state index in [1.807, 2.05) is 19.1 Å². The standard InChI is InChI=1S/C16H27N3O4/c1-11(10-20-3)19-16(17-2)18-9-12-7-13(21-4)15(23-6)14(8-12)22-5/h7-8,11H,9-10H2,1-6H3,(H2,17,18,19). The first-order chi connectivity index (χ1) is 11.1. The minimum Gasteiger partial charge on any atom is -0.493 e. The highest BCUT2D eigenvalue weighted by Gasteiger charge is 2.13. The fraction of sp³-hybridized carbons (Fsp3) is 0.562. The van der Waals surface area contributed by atoms with Gasteiger partial charge >= 0.3 is 0 Å². The fourth-order valence-electron chi connectivity index (χ4n) is 2.14. The van der Waals surface area contributed by atoms with Crippen LogP contribution in [0.2, 0.25) is 0 Å². The van der Waals surface area contributed by atoms with Crippen LogP contribution in [0.1, 0.15) is 12.5 Å². The lowest BCUT2D eigenvalue weighted by Gasteiger charge is -2.18. The molecule has 0 aliphatic carbocycles. The minimum atomic E-state index is 0.158. The zero-order valence-corrected chi connectivity index (χ0v) is 14.7. The summed E-state index contributed by atoms with van der Waals surface area (Å²) < 4.78 is 21.1. The molecule has 0 aliphatic heterocycles. The highest BCUT2D eigenvalue weighted by atomic mass is 16.5. The minimum absolute atomic E-state index is 0.158. The summed E-state index contributed by atoms with van der Waals surface area (Å²) in [6, 6.07) is 3.96. The summed E-state index contributed by atoms with van der Waals surface area (Å²) in [6.45, 7) is 3.19. The van der Waals surface area contributed by atoms with Crippen LogP contribution in [-0.2, 0) is 11.3 Å². The van der Waals surface area contributed by atoms with Gasteiger partial charge in [-0.2, -0.15) is 0 Å². The van der Waals surface area contributed by atoms with Crippen molar-refractivity contribution in [1.82, 2.24) is 10.6 Å². The van der Waals surface area contributed by atoms with Gasteiger partial charge in [-0.25, -0.2) is 0 Å². The van der Waals surface area contributed by atoms with Crippen LogP contribution >= 0.6 is 0 Å². The molecule has 0 amide bonds. The van der Waals surface area contributed by atoms with Crippen molar-refractivity contribution in [2.75, 3.05) is 42.1 Å². The Morgan fingerprint density at radius 2 is 1.70 bits per heavy atom. The predicted molar refractivity (Wildman–Crippen MR) is 90.8 cm³/mol. The molecule has 0 heterocycles. The second-order valence-electron chi connectivity index (χ2n) is 4.96. The van der Waals surface area contributed by atoms with Crippen LogP contribution in [0.3, 0.4) is 0 Å². The van der Waals surface area contributed by atoms with E-state index < -0.39 is 0 Å². The maximum absolute atomic E-state index is 5.35. The third-order valence-corrected chi connectivity index (χ3v) is 3.21. The number of aliphatic imine (C=N–C) groups is 1. The van der Waals surface area contributed by atoms with E-state index in [1.54, 1.807) is 35.5 Å². The molecule has 2 N–H and O–H groups in total. The van der Waals surface area contributed by atoms with Gasteiger partial charge in [-0.3, -0.25) is 4.99 Å². The zero-order chi connectivity index (χ0) is 17.2. The average Bonchev–Trinajstić information content (AvgIpc) is 2.57. The van der Waals surface area contributed by atoms with Crippen LogP contribution in [-0.4, -0.2) is 54.1 Å². The Morgan fingerprint density at radius 1 is 1.09 bits per heavy atom. The average molecular weight is 325 g/mol. The quantitative estimate of drug-likeness (QED) is 0.556. The van der Waals surface area contributed by atoms with Crippen molar-refractivity contribution in [2.45, 2.75) is 19.5 Å². The molecule has 0 saturated carbocycles. The third kappa shape index (κ3) is 5.52. The van der Waals surface area contributed by atoms with E-state index in [4.69, 9.17) is 18.9 Å². The molecule has 0 radical (unpaired) electrons. The molecule has 1 rings (SSSR count). The zero-order valence-electron chi connectivity index (χ0n) is 14.7. The van der Waals surface area contributed by atoms with Crippen LogP contribution in [0.5, 0.6) is 17.2 Å². The Morgan fingerprint density at radius 3 is 2.13 bits per heavy atom. The Hall–Kier alpha value is -2.15. The highest BCUT2D eigenvalue weighted by Crippen LogP contribution is 2.38. The third-order valence-electron chi connectivity index (χ3n) is 3.21. The maximum Gasteiger partial charge on any atom is 0.203 e. The molecule has 130 valence electrons. The summed E-state index contributed by atoms with van der Waals surface area (Å²) in [6.07, 6.45) is 0. The second kappa shape index (κ2) is 9.78. The number of ether oxygens (including phenoxy) is 4. The Balaban J connectivity index is 2.80. The SMILES string of the molecule is CN=C(NCc1cc(OC)c(OC)c(OC)c1)NC(C)COC. The molecule has 0 saturated heterocycles. The number of nitrogens with zero attached hydrogens (tertiary/aromatic N) is 1. The van der Waals surface area contributed by atoms with Crippen LogP contribution in [0.25, 0.3) is 0 Å². The lowest BCUT2D eigenvalue weighted by atomic mass is 10.2. The molecule has 0 spiro atoms. The molecule has 0 fully saturated rings. The Kier molecular flexibility index (Phi) is 8.04. The van der Waals surface area contributed by atoms with Crippen molar-refractivity contribution in [1.29, 1.82) is 0 Å². The van der Waals surface area contributed by atoms with E-state index in [1.165, 1.54) is 0 Å². The molecular formula is C16H27N3O4. The summed E-state index contributed by atoms with van der Waals surface area (Å²) in [4.78, 5) is 4.20. The van der Waals surface area contributed by atoms with E-state index >= 15 is 0 Å². The second-order valence-corrected chi connectivity index (χ2v) is 4.96. The van der Waals surface area contributed by atoms with E-state index in [0.29, 0.717) is 36.4 Å². The van der Waals surface area contributed by atoms with Crippen molar-refractivity contribution in [3.63, 3.8) is 0 Å².